The Kier molecular flexibility index (Phi) is 6.23. The van der Waals surface area contributed by atoms with E-state index in [1.807, 2.05) is 30.5 Å². The van der Waals surface area contributed by atoms with E-state index in [9.17, 15) is 9.59 Å². The number of nitrogens with zero attached hydrogens (tertiary/aromatic N) is 1. The van der Waals surface area contributed by atoms with Gasteiger partial charge in [-0.3, -0.25) is 9.59 Å². The third-order valence-corrected chi connectivity index (χ3v) is 4.15. The lowest BCUT2D eigenvalue weighted by Gasteiger charge is -2.18. The van der Waals surface area contributed by atoms with E-state index in [0.717, 1.165) is 11.8 Å². The highest BCUT2D eigenvalue weighted by Gasteiger charge is 2.11. The van der Waals surface area contributed by atoms with E-state index in [2.05, 4.69) is 0 Å². The van der Waals surface area contributed by atoms with E-state index in [-0.39, 0.29) is 12.5 Å². The summed E-state index contributed by atoms with van der Waals surface area (Å²) in [5.74, 6) is 0.285. The van der Waals surface area contributed by atoms with Gasteiger partial charge in [0.1, 0.15) is 5.75 Å². The van der Waals surface area contributed by atoms with Crippen molar-refractivity contribution in [3.8, 4) is 5.75 Å². The van der Waals surface area contributed by atoms with Gasteiger partial charge in [-0.05, 0) is 36.1 Å². The van der Waals surface area contributed by atoms with Crippen molar-refractivity contribution in [1.29, 1.82) is 0 Å². The molecule has 0 N–H and O–H groups in total. The molecule has 2 aromatic rings. The largest absolute Gasteiger partial charge is 0.483 e. The summed E-state index contributed by atoms with van der Waals surface area (Å²) in [5, 5.41) is 0. The van der Waals surface area contributed by atoms with Crippen molar-refractivity contribution in [2.45, 2.75) is 11.4 Å². The Bertz CT molecular complexity index is 670. The van der Waals surface area contributed by atoms with E-state index < -0.39 is 0 Å². The summed E-state index contributed by atoms with van der Waals surface area (Å²) in [4.78, 5) is 25.9. The van der Waals surface area contributed by atoms with E-state index in [4.69, 9.17) is 4.74 Å². The molecular weight excluding hydrogens is 310 g/mol. The predicted octanol–water partition coefficient (Wildman–Crippen LogP) is 3.26. The Labute approximate surface area is 140 Å². The van der Waals surface area contributed by atoms with Gasteiger partial charge in [0.15, 0.2) is 12.9 Å². The normalized spacial score (nSPS) is 10.2. The van der Waals surface area contributed by atoms with Gasteiger partial charge >= 0.3 is 0 Å². The molecule has 0 fully saturated rings. The molecule has 0 radical (unpaired) electrons. The molecule has 0 unspecified atom stereocenters. The number of hydrogen-bond donors (Lipinski definition) is 0. The molecule has 0 aromatic heterocycles. The van der Waals surface area contributed by atoms with Crippen LogP contribution in [0.4, 0.5) is 0 Å². The summed E-state index contributed by atoms with van der Waals surface area (Å²) in [5.41, 5.74) is 1.50. The third-order valence-electron chi connectivity index (χ3n) is 3.40. The number of rotatable bonds is 7. The Hall–Kier alpha value is -2.27. The van der Waals surface area contributed by atoms with Gasteiger partial charge in [0, 0.05) is 18.5 Å². The third kappa shape index (κ3) is 4.86. The van der Waals surface area contributed by atoms with Gasteiger partial charge in [-0.25, -0.2) is 0 Å². The molecule has 0 spiro atoms. The number of thioether (sulfide) groups is 1. The van der Waals surface area contributed by atoms with Crippen LogP contribution >= 0.6 is 11.8 Å². The topological polar surface area (TPSA) is 46.6 Å². The highest BCUT2D eigenvalue weighted by Crippen LogP contribution is 2.17. The number of para-hydroxylation sites is 1. The van der Waals surface area contributed by atoms with Crippen molar-refractivity contribution in [2.75, 3.05) is 19.9 Å². The van der Waals surface area contributed by atoms with Crippen LogP contribution in [0.25, 0.3) is 0 Å². The minimum atomic E-state index is -0.139. The fraction of sp³-hybridized carbons (Fsp3) is 0.222. The van der Waals surface area contributed by atoms with Crippen molar-refractivity contribution < 1.29 is 14.3 Å². The van der Waals surface area contributed by atoms with Crippen LogP contribution < -0.4 is 4.74 Å². The molecule has 4 nitrogen and oxygen atoms in total. The lowest BCUT2D eigenvalue weighted by Crippen LogP contribution is -2.31. The number of ether oxygens (including phenoxy) is 1. The quantitative estimate of drug-likeness (QED) is 0.578. The maximum absolute atomic E-state index is 12.2. The smallest absolute Gasteiger partial charge is 0.260 e. The molecule has 1 amide bonds. The van der Waals surface area contributed by atoms with E-state index in [1.54, 1.807) is 48.0 Å². The zero-order valence-electron chi connectivity index (χ0n) is 13.2. The Morgan fingerprint density at radius 3 is 2.52 bits per heavy atom. The molecule has 0 atom stereocenters. The first-order valence-electron chi connectivity index (χ1n) is 7.18. The van der Waals surface area contributed by atoms with Gasteiger partial charge in [-0.2, -0.15) is 0 Å². The standard InChI is InChI=1S/C18H19NO3S/c1-19(11-14-7-9-16(23-2)10-8-14)18(21)13-22-17-6-4-3-5-15(17)12-20/h3-10,12H,11,13H2,1-2H3. The average molecular weight is 329 g/mol. The zero-order chi connectivity index (χ0) is 16.7. The number of carbonyl (C=O) groups excluding carboxylic acids is 2. The van der Waals surface area contributed by atoms with Crippen molar-refractivity contribution >= 4 is 24.0 Å². The van der Waals surface area contributed by atoms with Crippen LogP contribution in [0.2, 0.25) is 0 Å². The summed E-state index contributed by atoms with van der Waals surface area (Å²) < 4.78 is 5.46. The fourth-order valence-electron chi connectivity index (χ4n) is 2.05. The predicted molar refractivity (Wildman–Crippen MR) is 92.0 cm³/mol. The van der Waals surface area contributed by atoms with Crippen molar-refractivity contribution in [3.63, 3.8) is 0 Å². The number of likely N-dealkylation sites (N-methyl/N-ethyl adjacent to an activating group) is 1. The number of benzene rings is 2. The van der Waals surface area contributed by atoms with E-state index in [1.165, 1.54) is 4.90 Å². The molecule has 2 rings (SSSR count). The summed E-state index contributed by atoms with van der Waals surface area (Å²) >= 11 is 1.68. The molecule has 0 aliphatic carbocycles. The van der Waals surface area contributed by atoms with Crippen LogP contribution in [0.15, 0.2) is 53.4 Å². The second kappa shape index (κ2) is 8.39. The highest BCUT2D eigenvalue weighted by atomic mass is 32.2. The summed E-state index contributed by atoms with van der Waals surface area (Å²) in [7, 11) is 1.74. The number of hydrogen-bond acceptors (Lipinski definition) is 4. The first-order valence-corrected chi connectivity index (χ1v) is 8.40. The van der Waals surface area contributed by atoms with Gasteiger partial charge in [0.05, 0.1) is 5.56 Å². The SMILES string of the molecule is CSc1ccc(CN(C)C(=O)COc2ccccc2C=O)cc1. The number of amides is 1. The molecule has 0 aliphatic heterocycles. The summed E-state index contributed by atoms with van der Waals surface area (Å²) in [6, 6.07) is 15.0. The Balaban J connectivity index is 1.90. The second-order valence-electron chi connectivity index (χ2n) is 5.04. The van der Waals surface area contributed by atoms with Crippen molar-refractivity contribution in [3.05, 3.63) is 59.7 Å². The van der Waals surface area contributed by atoms with Crippen LogP contribution in [0.3, 0.4) is 0 Å². The maximum Gasteiger partial charge on any atom is 0.260 e. The van der Waals surface area contributed by atoms with Gasteiger partial charge in [-0.15, -0.1) is 11.8 Å². The molecule has 5 heteroatoms. The molecule has 0 heterocycles. The number of carbonyl (C=O) groups is 2. The van der Waals surface area contributed by atoms with E-state index >= 15 is 0 Å². The summed E-state index contributed by atoms with van der Waals surface area (Å²) in [6.07, 6.45) is 2.75. The lowest BCUT2D eigenvalue weighted by molar-refractivity contribution is -0.132. The monoisotopic (exact) mass is 329 g/mol. The molecule has 23 heavy (non-hydrogen) atoms. The van der Waals surface area contributed by atoms with Gasteiger partial charge < -0.3 is 9.64 Å². The van der Waals surface area contributed by atoms with Crippen molar-refractivity contribution in [1.82, 2.24) is 4.90 Å². The molecular formula is C18H19NO3S. The molecule has 0 saturated heterocycles. The van der Waals surface area contributed by atoms with Crippen LogP contribution in [0.5, 0.6) is 5.75 Å². The fourth-order valence-corrected chi connectivity index (χ4v) is 2.46. The first-order chi connectivity index (χ1) is 11.1. The zero-order valence-corrected chi connectivity index (χ0v) is 14.0. The van der Waals surface area contributed by atoms with Gasteiger partial charge in [-0.1, -0.05) is 24.3 Å². The molecule has 0 aliphatic rings. The average Bonchev–Trinajstić information content (AvgIpc) is 2.60. The maximum atomic E-state index is 12.2. The second-order valence-corrected chi connectivity index (χ2v) is 5.92. The minimum absolute atomic E-state index is 0.0930. The van der Waals surface area contributed by atoms with Crippen LogP contribution in [0.1, 0.15) is 15.9 Å². The van der Waals surface area contributed by atoms with Gasteiger partial charge in [0.25, 0.3) is 5.91 Å². The van der Waals surface area contributed by atoms with E-state index in [0.29, 0.717) is 17.9 Å². The van der Waals surface area contributed by atoms with Crippen LogP contribution in [0, 0.1) is 0 Å². The number of aldehydes is 1. The Morgan fingerprint density at radius 1 is 1.17 bits per heavy atom. The van der Waals surface area contributed by atoms with Crippen LogP contribution in [-0.2, 0) is 11.3 Å². The lowest BCUT2D eigenvalue weighted by atomic mass is 10.2. The van der Waals surface area contributed by atoms with Crippen molar-refractivity contribution in [2.24, 2.45) is 0 Å². The molecule has 0 saturated carbocycles. The van der Waals surface area contributed by atoms with Gasteiger partial charge in [0.2, 0.25) is 0 Å². The summed E-state index contributed by atoms with van der Waals surface area (Å²) in [6.45, 7) is 0.427. The molecule has 120 valence electrons. The Morgan fingerprint density at radius 2 is 1.87 bits per heavy atom. The molecule has 2 aromatic carbocycles. The highest BCUT2D eigenvalue weighted by molar-refractivity contribution is 7.98. The first kappa shape index (κ1) is 17.1. The molecule has 0 bridgehead atoms. The van der Waals surface area contributed by atoms with Crippen LogP contribution in [-0.4, -0.2) is 37.0 Å². The minimum Gasteiger partial charge on any atom is -0.483 e.